The Morgan fingerprint density at radius 3 is 2.61 bits per heavy atom. The van der Waals surface area contributed by atoms with Gasteiger partial charge in [-0.25, -0.2) is 0 Å². The molecule has 96 valence electrons. The molecule has 3 nitrogen and oxygen atoms in total. The Hall–Kier alpha value is -0.870. The van der Waals surface area contributed by atoms with Gasteiger partial charge in [-0.05, 0) is 31.0 Å². The highest BCUT2D eigenvalue weighted by Crippen LogP contribution is 2.22. The highest BCUT2D eigenvalue weighted by atomic mass is 79.9. The van der Waals surface area contributed by atoms with Crippen molar-refractivity contribution in [1.29, 1.82) is 0 Å². The lowest BCUT2D eigenvalue weighted by Crippen LogP contribution is -2.37. The average molecular weight is 331 g/mol. The maximum atomic E-state index is 12.0. The van der Waals surface area contributed by atoms with Crippen LogP contribution in [0.5, 0.6) is 0 Å². The van der Waals surface area contributed by atoms with E-state index in [0.717, 1.165) is 17.3 Å². The molecule has 1 aliphatic carbocycles. The van der Waals surface area contributed by atoms with Gasteiger partial charge in [0, 0.05) is 23.4 Å². The second-order valence-corrected chi connectivity index (χ2v) is 5.73. The molecular formula is C13H13BrClNO2. The van der Waals surface area contributed by atoms with Crippen LogP contribution in [-0.2, 0) is 4.79 Å². The number of hydrogen-bond acceptors (Lipinski definition) is 2. The van der Waals surface area contributed by atoms with Crippen molar-refractivity contribution in [1.82, 2.24) is 5.32 Å². The minimum atomic E-state index is -0.174. The molecule has 1 N–H and O–H groups in total. The molecule has 0 heterocycles. The molecule has 0 unspecified atom stereocenters. The number of carbonyl (C=O) groups excluding carboxylic acids is 2. The van der Waals surface area contributed by atoms with Gasteiger partial charge in [-0.1, -0.05) is 27.5 Å². The van der Waals surface area contributed by atoms with Crippen molar-refractivity contribution >= 4 is 39.2 Å². The van der Waals surface area contributed by atoms with Gasteiger partial charge in [-0.15, -0.1) is 0 Å². The predicted molar refractivity (Wildman–Crippen MR) is 73.9 cm³/mol. The number of ketones is 1. The number of benzene rings is 1. The Labute approximate surface area is 119 Å². The van der Waals surface area contributed by atoms with Crippen LogP contribution in [-0.4, -0.2) is 17.7 Å². The molecule has 0 saturated heterocycles. The molecule has 0 spiro atoms. The molecule has 0 radical (unpaired) electrons. The van der Waals surface area contributed by atoms with Gasteiger partial charge in [-0.2, -0.15) is 0 Å². The molecule has 1 amide bonds. The second-order valence-electron chi connectivity index (χ2n) is 4.41. The molecule has 1 aromatic carbocycles. The van der Waals surface area contributed by atoms with E-state index in [2.05, 4.69) is 21.2 Å². The maximum Gasteiger partial charge on any atom is 0.253 e. The topological polar surface area (TPSA) is 46.2 Å². The lowest BCUT2D eigenvalue weighted by Gasteiger charge is -2.22. The fraction of sp³-hybridized carbons (Fsp3) is 0.385. The van der Waals surface area contributed by atoms with Crippen LogP contribution in [0.3, 0.4) is 0 Å². The number of amides is 1. The Morgan fingerprint density at radius 2 is 2.00 bits per heavy atom. The van der Waals surface area contributed by atoms with Gasteiger partial charge in [0.15, 0.2) is 0 Å². The van der Waals surface area contributed by atoms with Crippen molar-refractivity contribution in [3.05, 3.63) is 33.3 Å². The summed E-state index contributed by atoms with van der Waals surface area (Å²) in [7, 11) is 0. The predicted octanol–water partition coefficient (Wildman–Crippen LogP) is 3.34. The zero-order chi connectivity index (χ0) is 13.1. The van der Waals surface area contributed by atoms with Crippen LogP contribution in [0.1, 0.15) is 36.0 Å². The molecule has 0 aliphatic heterocycles. The van der Waals surface area contributed by atoms with E-state index in [0.29, 0.717) is 23.4 Å². The lowest BCUT2D eigenvalue weighted by molar-refractivity contribution is -0.120. The van der Waals surface area contributed by atoms with Crippen LogP contribution < -0.4 is 5.32 Å². The number of halogens is 2. The van der Waals surface area contributed by atoms with Gasteiger partial charge in [0.2, 0.25) is 0 Å². The fourth-order valence-corrected chi connectivity index (χ4v) is 2.78. The van der Waals surface area contributed by atoms with Crippen LogP contribution in [0.25, 0.3) is 0 Å². The third kappa shape index (κ3) is 3.33. The number of Topliss-reactive ketones (excluding diaryl/α,β-unsaturated/α-hetero) is 1. The van der Waals surface area contributed by atoms with E-state index in [4.69, 9.17) is 11.6 Å². The number of carbonyl (C=O) groups is 2. The van der Waals surface area contributed by atoms with E-state index in [1.165, 1.54) is 0 Å². The molecule has 1 fully saturated rings. The molecule has 18 heavy (non-hydrogen) atoms. The second kappa shape index (κ2) is 5.85. The first-order valence-corrected chi connectivity index (χ1v) is 7.01. The third-order valence-electron chi connectivity index (χ3n) is 3.05. The summed E-state index contributed by atoms with van der Waals surface area (Å²) in [6.07, 6.45) is 2.55. The van der Waals surface area contributed by atoms with Crippen LogP contribution in [0.15, 0.2) is 22.7 Å². The van der Waals surface area contributed by atoms with Crippen LogP contribution in [0.2, 0.25) is 5.02 Å². The largest absolute Gasteiger partial charge is 0.349 e. The summed E-state index contributed by atoms with van der Waals surface area (Å²) < 4.78 is 0.840. The molecule has 0 atom stereocenters. The summed E-state index contributed by atoms with van der Waals surface area (Å²) in [4.78, 5) is 23.1. The van der Waals surface area contributed by atoms with E-state index in [9.17, 15) is 9.59 Å². The molecule has 1 saturated carbocycles. The highest BCUT2D eigenvalue weighted by Gasteiger charge is 2.21. The Morgan fingerprint density at radius 1 is 1.33 bits per heavy atom. The van der Waals surface area contributed by atoms with Crippen molar-refractivity contribution < 1.29 is 9.59 Å². The van der Waals surface area contributed by atoms with Gasteiger partial charge >= 0.3 is 0 Å². The highest BCUT2D eigenvalue weighted by molar-refractivity contribution is 9.10. The number of nitrogens with one attached hydrogen (secondary N) is 1. The van der Waals surface area contributed by atoms with E-state index in [1.807, 2.05) is 0 Å². The average Bonchev–Trinajstić information content (AvgIpc) is 2.32. The minimum absolute atomic E-state index is 0.0786. The summed E-state index contributed by atoms with van der Waals surface area (Å²) in [5.41, 5.74) is 0.469. The molecule has 0 aromatic heterocycles. The van der Waals surface area contributed by atoms with Crippen molar-refractivity contribution in [2.24, 2.45) is 0 Å². The van der Waals surface area contributed by atoms with E-state index < -0.39 is 0 Å². The van der Waals surface area contributed by atoms with Crippen molar-refractivity contribution in [2.45, 2.75) is 31.7 Å². The molecule has 0 bridgehead atoms. The first kappa shape index (κ1) is 13.6. The van der Waals surface area contributed by atoms with Crippen molar-refractivity contribution in [3.8, 4) is 0 Å². The normalized spacial score (nSPS) is 16.7. The van der Waals surface area contributed by atoms with Crippen LogP contribution in [0, 0.1) is 0 Å². The zero-order valence-corrected chi connectivity index (χ0v) is 12.1. The molecule has 2 rings (SSSR count). The first-order chi connectivity index (χ1) is 8.56. The molecule has 1 aromatic rings. The monoisotopic (exact) mass is 329 g/mol. The van der Waals surface area contributed by atoms with Gasteiger partial charge in [-0.3, -0.25) is 9.59 Å². The third-order valence-corrected chi connectivity index (χ3v) is 3.86. The summed E-state index contributed by atoms with van der Waals surface area (Å²) in [5.74, 6) is 0.106. The fourth-order valence-electron chi connectivity index (χ4n) is 2.02. The van der Waals surface area contributed by atoms with Gasteiger partial charge in [0.1, 0.15) is 5.78 Å². The first-order valence-electron chi connectivity index (χ1n) is 5.84. The quantitative estimate of drug-likeness (QED) is 0.904. The van der Waals surface area contributed by atoms with E-state index >= 15 is 0 Å². The summed E-state index contributed by atoms with van der Waals surface area (Å²) in [6.45, 7) is 0. The molecule has 5 heteroatoms. The summed E-state index contributed by atoms with van der Waals surface area (Å²) in [5, 5.41) is 3.35. The van der Waals surface area contributed by atoms with Gasteiger partial charge < -0.3 is 5.32 Å². The molecular weight excluding hydrogens is 318 g/mol. The Balaban J connectivity index is 2.01. The van der Waals surface area contributed by atoms with Gasteiger partial charge in [0.25, 0.3) is 5.91 Å². The summed E-state index contributed by atoms with van der Waals surface area (Å²) >= 11 is 9.32. The lowest BCUT2D eigenvalue weighted by atomic mass is 9.94. The number of rotatable bonds is 2. The van der Waals surface area contributed by atoms with E-state index in [1.54, 1.807) is 18.2 Å². The maximum absolute atomic E-state index is 12.0. The van der Waals surface area contributed by atoms with Gasteiger partial charge in [0.05, 0.1) is 10.6 Å². The van der Waals surface area contributed by atoms with E-state index in [-0.39, 0.29) is 17.7 Å². The smallest absolute Gasteiger partial charge is 0.253 e. The Bertz CT molecular complexity index is 480. The molecule has 1 aliphatic rings. The summed E-state index contributed by atoms with van der Waals surface area (Å²) in [6, 6.07) is 5.25. The van der Waals surface area contributed by atoms with Crippen LogP contribution in [0.4, 0.5) is 0 Å². The van der Waals surface area contributed by atoms with Crippen molar-refractivity contribution in [3.63, 3.8) is 0 Å². The number of hydrogen-bond donors (Lipinski definition) is 1. The van der Waals surface area contributed by atoms with Crippen molar-refractivity contribution in [2.75, 3.05) is 0 Å². The van der Waals surface area contributed by atoms with Crippen LogP contribution >= 0.6 is 27.5 Å². The Kier molecular flexibility index (Phi) is 4.40. The minimum Gasteiger partial charge on any atom is -0.349 e. The standard InChI is InChI=1S/C13H13BrClNO2/c14-8-1-6-11(12(15)7-8)13(18)16-9-2-4-10(17)5-3-9/h1,6-7,9H,2-5H2,(H,16,18). The zero-order valence-electron chi connectivity index (χ0n) is 9.71. The SMILES string of the molecule is O=C1CCC(NC(=O)c2ccc(Br)cc2Cl)CC1.